The third kappa shape index (κ3) is 3.93. The summed E-state index contributed by atoms with van der Waals surface area (Å²) in [6.45, 7) is 2.10. The van der Waals surface area contributed by atoms with Crippen molar-refractivity contribution in [2.75, 3.05) is 19.5 Å². The molecule has 4 rings (SSSR count). The number of fused-ring (bicyclic) bond motifs is 1. The summed E-state index contributed by atoms with van der Waals surface area (Å²) < 4.78 is 25.2. The molecule has 0 amide bonds. The first-order valence-electron chi connectivity index (χ1n) is 10.1. The number of aromatic carboxylic acids is 1. The first-order chi connectivity index (χ1) is 15.3. The fourth-order valence-corrected chi connectivity index (χ4v) is 5.03. The monoisotopic (exact) mass is 499 g/mol. The maximum Gasteiger partial charge on any atom is 0.337 e. The van der Waals surface area contributed by atoms with Crippen molar-refractivity contribution >= 4 is 27.6 Å². The molecule has 1 aliphatic rings. The van der Waals surface area contributed by atoms with E-state index in [1.807, 2.05) is 24.3 Å². The second kappa shape index (κ2) is 8.82. The number of carbonyl (C=O) groups is 1. The average molecular weight is 500 g/mol. The fourth-order valence-electron chi connectivity index (χ4n) is 4.55. The van der Waals surface area contributed by atoms with Crippen LogP contribution in [0.25, 0.3) is 0 Å². The molecule has 166 valence electrons. The number of hydrogen-bond acceptors (Lipinski definition) is 4. The van der Waals surface area contributed by atoms with E-state index < -0.39 is 5.97 Å². The van der Waals surface area contributed by atoms with Crippen molar-refractivity contribution in [3.8, 4) is 11.5 Å². The number of nitrogens with one attached hydrogen (secondary N) is 1. The fraction of sp³-hybridized carbons (Fsp3) is 0.240. The lowest BCUT2D eigenvalue weighted by atomic mass is 9.72. The number of carboxylic acids is 1. The molecule has 1 heterocycles. The van der Waals surface area contributed by atoms with Gasteiger partial charge in [-0.2, -0.15) is 0 Å². The van der Waals surface area contributed by atoms with Gasteiger partial charge in [-0.3, -0.25) is 0 Å². The van der Waals surface area contributed by atoms with Crippen LogP contribution in [0, 0.1) is 11.7 Å². The maximum atomic E-state index is 13.6. The summed E-state index contributed by atoms with van der Waals surface area (Å²) in [7, 11) is 3.17. The summed E-state index contributed by atoms with van der Waals surface area (Å²) in [6, 6.07) is 15.4. The van der Waals surface area contributed by atoms with Crippen LogP contribution in [0.4, 0.5) is 10.1 Å². The van der Waals surface area contributed by atoms with Gasteiger partial charge in [0.25, 0.3) is 0 Å². The Labute approximate surface area is 194 Å². The van der Waals surface area contributed by atoms with Crippen molar-refractivity contribution in [2.45, 2.75) is 18.9 Å². The van der Waals surface area contributed by atoms with Crippen molar-refractivity contribution < 1.29 is 23.8 Å². The summed E-state index contributed by atoms with van der Waals surface area (Å²) in [6.07, 6.45) is 0. The largest absolute Gasteiger partial charge is 0.493 e. The van der Waals surface area contributed by atoms with E-state index in [1.54, 1.807) is 32.4 Å². The Bertz CT molecular complexity index is 1170. The number of methoxy groups -OCH3 is 2. The van der Waals surface area contributed by atoms with Gasteiger partial charge in [0.05, 0.1) is 31.5 Å². The normalized spacial score (nSPS) is 19.6. The van der Waals surface area contributed by atoms with Gasteiger partial charge in [0.1, 0.15) is 5.82 Å². The van der Waals surface area contributed by atoms with Crippen LogP contribution < -0.4 is 14.8 Å². The lowest BCUT2D eigenvalue weighted by Crippen LogP contribution is -2.32. The number of hydrogen-bond donors (Lipinski definition) is 2. The lowest BCUT2D eigenvalue weighted by Gasteiger charge is -2.40. The van der Waals surface area contributed by atoms with Gasteiger partial charge in [0.2, 0.25) is 0 Å². The molecule has 3 aromatic rings. The molecular formula is C25H23BrFNO4. The van der Waals surface area contributed by atoms with E-state index in [-0.39, 0.29) is 29.3 Å². The third-order valence-electron chi connectivity index (χ3n) is 6.05. The third-order valence-corrected chi connectivity index (χ3v) is 6.50. The number of ether oxygens (including phenoxy) is 2. The summed E-state index contributed by atoms with van der Waals surface area (Å²) in [4.78, 5) is 12.1. The van der Waals surface area contributed by atoms with Crippen LogP contribution in [-0.4, -0.2) is 25.3 Å². The van der Waals surface area contributed by atoms with E-state index in [0.717, 1.165) is 16.7 Å². The Morgan fingerprint density at radius 2 is 1.66 bits per heavy atom. The molecule has 32 heavy (non-hydrogen) atoms. The predicted molar refractivity (Wildman–Crippen MR) is 124 cm³/mol. The molecule has 3 aromatic carbocycles. The summed E-state index contributed by atoms with van der Waals surface area (Å²) >= 11 is 3.47. The number of halogens is 2. The van der Waals surface area contributed by atoms with Crippen molar-refractivity contribution in [1.29, 1.82) is 0 Å². The summed E-state index contributed by atoms with van der Waals surface area (Å²) in [5.41, 5.74) is 3.47. The second-order valence-corrected chi connectivity index (χ2v) is 8.76. The number of anilines is 1. The Balaban J connectivity index is 1.93. The van der Waals surface area contributed by atoms with Gasteiger partial charge in [-0.15, -0.1) is 0 Å². The van der Waals surface area contributed by atoms with E-state index in [0.29, 0.717) is 21.7 Å². The van der Waals surface area contributed by atoms with Gasteiger partial charge in [-0.1, -0.05) is 41.1 Å². The Hall–Kier alpha value is -3.06. The molecule has 1 aliphatic heterocycles. The highest BCUT2D eigenvalue weighted by molar-refractivity contribution is 9.10. The summed E-state index contributed by atoms with van der Waals surface area (Å²) in [5.74, 6) is -0.242. The van der Waals surface area contributed by atoms with Crippen molar-refractivity contribution in [3.05, 3.63) is 87.1 Å². The van der Waals surface area contributed by atoms with Crippen LogP contribution in [0.2, 0.25) is 0 Å². The standard InChI is InChI=1S/C25H23BrFNO4/c1-13-22(15-6-9-20(31-2)21(10-15)32-3)18-11-16(26)12-19(25(29)30)24(18)28-23(13)14-4-7-17(27)8-5-14/h4-13,22-23,28H,1-3H3,(H,29,30)/t13-,22-,23-/m1/s1. The minimum Gasteiger partial charge on any atom is -0.493 e. The molecule has 0 saturated carbocycles. The summed E-state index contributed by atoms with van der Waals surface area (Å²) in [5, 5.41) is 13.3. The van der Waals surface area contributed by atoms with Crippen LogP contribution in [0.15, 0.2) is 59.1 Å². The molecule has 0 aliphatic carbocycles. The van der Waals surface area contributed by atoms with Crippen LogP contribution >= 0.6 is 15.9 Å². The topological polar surface area (TPSA) is 67.8 Å². The highest BCUT2D eigenvalue weighted by Crippen LogP contribution is 2.50. The zero-order valence-electron chi connectivity index (χ0n) is 17.9. The lowest BCUT2D eigenvalue weighted by molar-refractivity contribution is 0.0697. The molecule has 0 aromatic heterocycles. The Kier molecular flexibility index (Phi) is 6.11. The van der Waals surface area contributed by atoms with E-state index in [4.69, 9.17) is 9.47 Å². The Morgan fingerprint density at radius 3 is 2.28 bits per heavy atom. The number of rotatable bonds is 5. The van der Waals surface area contributed by atoms with Crippen LogP contribution in [0.3, 0.4) is 0 Å². The molecule has 2 N–H and O–H groups in total. The van der Waals surface area contributed by atoms with E-state index in [1.165, 1.54) is 12.1 Å². The SMILES string of the molecule is COc1ccc([C@@H]2c3cc(Br)cc(C(=O)O)c3N[C@@H](c3ccc(F)cc3)[C@@H]2C)cc1OC. The molecule has 0 bridgehead atoms. The highest BCUT2D eigenvalue weighted by Gasteiger charge is 2.38. The molecule has 0 radical (unpaired) electrons. The van der Waals surface area contributed by atoms with Gasteiger partial charge in [-0.05, 0) is 59.0 Å². The van der Waals surface area contributed by atoms with Crippen LogP contribution in [-0.2, 0) is 0 Å². The van der Waals surface area contributed by atoms with Crippen molar-refractivity contribution in [2.24, 2.45) is 5.92 Å². The maximum absolute atomic E-state index is 13.6. The zero-order chi connectivity index (χ0) is 23.0. The van der Waals surface area contributed by atoms with Gasteiger partial charge in [0.15, 0.2) is 11.5 Å². The molecule has 7 heteroatoms. The molecule has 0 fully saturated rings. The van der Waals surface area contributed by atoms with Gasteiger partial charge < -0.3 is 19.9 Å². The van der Waals surface area contributed by atoms with Crippen molar-refractivity contribution in [3.63, 3.8) is 0 Å². The minimum atomic E-state index is -1.02. The average Bonchev–Trinajstić information content (AvgIpc) is 2.78. The minimum absolute atomic E-state index is 0.0157. The van der Waals surface area contributed by atoms with Crippen molar-refractivity contribution in [1.82, 2.24) is 0 Å². The highest BCUT2D eigenvalue weighted by atomic mass is 79.9. The van der Waals surface area contributed by atoms with E-state index >= 15 is 0 Å². The zero-order valence-corrected chi connectivity index (χ0v) is 19.4. The quantitative estimate of drug-likeness (QED) is 0.434. The van der Waals surface area contributed by atoms with Gasteiger partial charge in [-0.25, -0.2) is 9.18 Å². The number of carboxylic acid groups (broad SMARTS) is 1. The van der Waals surface area contributed by atoms with Gasteiger partial charge in [0, 0.05) is 10.4 Å². The molecule has 3 atom stereocenters. The Morgan fingerprint density at radius 1 is 1.00 bits per heavy atom. The first-order valence-corrected chi connectivity index (χ1v) is 10.9. The molecular weight excluding hydrogens is 477 g/mol. The molecule has 5 nitrogen and oxygen atoms in total. The molecule has 0 saturated heterocycles. The predicted octanol–water partition coefficient (Wildman–Crippen LogP) is 6.24. The number of benzene rings is 3. The second-order valence-electron chi connectivity index (χ2n) is 7.85. The molecule has 0 spiro atoms. The van der Waals surface area contributed by atoms with Crippen LogP contribution in [0.1, 0.15) is 45.9 Å². The first kappa shape index (κ1) is 22.1. The smallest absolute Gasteiger partial charge is 0.337 e. The van der Waals surface area contributed by atoms with E-state index in [9.17, 15) is 14.3 Å². The van der Waals surface area contributed by atoms with Gasteiger partial charge >= 0.3 is 5.97 Å². The van der Waals surface area contributed by atoms with Crippen LogP contribution in [0.5, 0.6) is 11.5 Å². The van der Waals surface area contributed by atoms with E-state index in [2.05, 4.69) is 28.2 Å². The molecule has 0 unspecified atom stereocenters.